The second-order valence-electron chi connectivity index (χ2n) is 7.22. The van der Waals surface area contributed by atoms with Gasteiger partial charge in [0.25, 0.3) is 0 Å². The Morgan fingerprint density at radius 1 is 1.03 bits per heavy atom. The summed E-state index contributed by atoms with van der Waals surface area (Å²) in [5.74, 6) is 1.64. The van der Waals surface area contributed by atoms with Gasteiger partial charge < -0.3 is 19.4 Å². The molecule has 0 aliphatic carbocycles. The number of amides is 3. The summed E-state index contributed by atoms with van der Waals surface area (Å²) in [6, 6.07) is 9.21. The second-order valence-corrected chi connectivity index (χ2v) is 7.22. The van der Waals surface area contributed by atoms with E-state index in [9.17, 15) is 9.59 Å². The van der Waals surface area contributed by atoms with E-state index in [0.717, 1.165) is 30.3 Å². The normalized spacial score (nSPS) is 16.9. The molecule has 0 bridgehead atoms. The van der Waals surface area contributed by atoms with E-state index in [2.05, 4.69) is 14.9 Å². The van der Waals surface area contributed by atoms with Crippen molar-refractivity contribution in [2.45, 2.75) is 6.92 Å². The summed E-state index contributed by atoms with van der Waals surface area (Å²) in [6.45, 7) is 6.43. The Balaban J connectivity index is 1.29. The lowest BCUT2D eigenvalue weighted by Crippen LogP contribution is -2.51. The minimum Gasteiger partial charge on any atom is -0.494 e. The average Bonchev–Trinajstić information content (AvgIpc) is 3.15. The number of ether oxygens (including phenoxy) is 1. The van der Waals surface area contributed by atoms with Gasteiger partial charge in [0.2, 0.25) is 5.91 Å². The van der Waals surface area contributed by atoms with Crippen molar-refractivity contribution < 1.29 is 14.3 Å². The van der Waals surface area contributed by atoms with Crippen LogP contribution in [-0.4, -0.2) is 84.1 Å². The maximum absolute atomic E-state index is 12.8. The van der Waals surface area contributed by atoms with Crippen LogP contribution < -0.4 is 14.5 Å². The van der Waals surface area contributed by atoms with Crippen LogP contribution in [0.15, 0.2) is 42.9 Å². The van der Waals surface area contributed by atoms with Crippen molar-refractivity contribution >= 4 is 23.4 Å². The smallest absolute Gasteiger partial charge is 0.325 e. The van der Waals surface area contributed by atoms with Crippen LogP contribution in [0.3, 0.4) is 0 Å². The molecule has 1 aromatic carbocycles. The first kappa shape index (κ1) is 19.9. The molecule has 0 spiro atoms. The van der Waals surface area contributed by atoms with E-state index in [1.165, 1.54) is 6.33 Å². The molecular weight excluding hydrogens is 384 g/mol. The Labute approximate surface area is 175 Å². The fourth-order valence-corrected chi connectivity index (χ4v) is 3.78. The van der Waals surface area contributed by atoms with Crippen molar-refractivity contribution in [3.05, 3.63) is 42.9 Å². The largest absolute Gasteiger partial charge is 0.494 e. The molecular formula is C21H26N6O3. The third-order valence-corrected chi connectivity index (χ3v) is 5.40. The molecule has 158 valence electrons. The van der Waals surface area contributed by atoms with Crippen LogP contribution in [0.25, 0.3) is 0 Å². The third kappa shape index (κ3) is 4.29. The highest BCUT2D eigenvalue weighted by molar-refractivity contribution is 5.96. The lowest BCUT2D eigenvalue weighted by Gasteiger charge is -2.36. The van der Waals surface area contributed by atoms with Crippen molar-refractivity contribution in [3.63, 3.8) is 0 Å². The monoisotopic (exact) mass is 410 g/mol. The van der Waals surface area contributed by atoms with Gasteiger partial charge in [-0.3, -0.25) is 9.69 Å². The zero-order valence-corrected chi connectivity index (χ0v) is 17.1. The van der Waals surface area contributed by atoms with Crippen LogP contribution in [0.5, 0.6) is 5.75 Å². The first-order valence-electron chi connectivity index (χ1n) is 10.2. The van der Waals surface area contributed by atoms with Gasteiger partial charge in [0.15, 0.2) is 0 Å². The average molecular weight is 410 g/mol. The maximum Gasteiger partial charge on any atom is 0.325 e. The molecule has 2 saturated heterocycles. The highest BCUT2D eigenvalue weighted by Gasteiger charge is 2.32. The fraction of sp³-hybridized carbons (Fsp3) is 0.429. The molecule has 2 fully saturated rings. The Morgan fingerprint density at radius 2 is 1.80 bits per heavy atom. The Kier molecular flexibility index (Phi) is 5.97. The van der Waals surface area contributed by atoms with Gasteiger partial charge in [-0.2, -0.15) is 0 Å². The summed E-state index contributed by atoms with van der Waals surface area (Å²) in [6.07, 6.45) is 3.25. The molecule has 0 N–H and O–H groups in total. The molecule has 0 saturated carbocycles. The van der Waals surface area contributed by atoms with Gasteiger partial charge in [0, 0.05) is 51.2 Å². The standard InChI is InChI=1S/C21H26N6O3/c1-2-30-18-5-3-17(4-6-18)27-14-13-26(21(27)29)15-20(28)25-11-9-24(10-12-25)19-7-8-22-16-23-19/h3-8,16H,2,9-15H2,1H3. The van der Waals surface area contributed by atoms with Gasteiger partial charge in [-0.05, 0) is 37.3 Å². The molecule has 2 aliphatic rings. The summed E-state index contributed by atoms with van der Waals surface area (Å²) >= 11 is 0. The van der Waals surface area contributed by atoms with Crippen LogP contribution in [-0.2, 0) is 4.79 Å². The molecule has 2 aromatic rings. The first-order valence-corrected chi connectivity index (χ1v) is 10.2. The minimum absolute atomic E-state index is 0.0146. The summed E-state index contributed by atoms with van der Waals surface area (Å²) < 4.78 is 5.45. The van der Waals surface area contributed by atoms with Crippen molar-refractivity contribution in [1.29, 1.82) is 0 Å². The van der Waals surface area contributed by atoms with Gasteiger partial charge in [-0.15, -0.1) is 0 Å². The van der Waals surface area contributed by atoms with E-state index in [1.54, 1.807) is 16.0 Å². The van der Waals surface area contributed by atoms with E-state index in [-0.39, 0.29) is 18.5 Å². The van der Waals surface area contributed by atoms with Crippen molar-refractivity contribution in [2.24, 2.45) is 0 Å². The number of carbonyl (C=O) groups excluding carboxylic acids is 2. The van der Waals surface area contributed by atoms with Crippen LogP contribution in [0, 0.1) is 0 Å². The molecule has 3 heterocycles. The molecule has 2 aliphatic heterocycles. The lowest BCUT2D eigenvalue weighted by molar-refractivity contribution is -0.131. The minimum atomic E-state index is -0.132. The van der Waals surface area contributed by atoms with E-state index in [4.69, 9.17) is 4.74 Å². The number of rotatable bonds is 6. The van der Waals surface area contributed by atoms with Gasteiger partial charge in [-0.25, -0.2) is 14.8 Å². The summed E-state index contributed by atoms with van der Waals surface area (Å²) in [5, 5.41) is 0. The number of carbonyl (C=O) groups is 2. The van der Waals surface area contributed by atoms with Crippen molar-refractivity contribution in [3.8, 4) is 5.75 Å². The highest BCUT2D eigenvalue weighted by atomic mass is 16.5. The predicted octanol–water partition coefficient (Wildman–Crippen LogP) is 1.47. The van der Waals surface area contributed by atoms with Crippen LogP contribution >= 0.6 is 0 Å². The quantitative estimate of drug-likeness (QED) is 0.717. The number of urea groups is 1. The van der Waals surface area contributed by atoms with E-state index < -0.39 is 0 Å². The maximum atomic E-state index is 12.8. The SMILES string of the molecule is CCOc1ccc(N2CCN(CC(=O)N3CCN(c4ccncn4)CC3)C2=O)cc1. The number of hydrogen-bond acceptors (Lipinski definition) is 6. The van der Waals surface area contributed by atoms with E-state index in [0.29, 0.717) is 32.8 Å². The number of benzene rings is 1. The van der Waals surface area contributed by atoms with Crippen LogP contribution in [0.1, 0.15) is 6.92 Å². The first-order chi connectivity index (χ1) is 14.7. The van der Waals surface area contributed by atoms with Gasteiger partial charge >= 0.3 is 6.03 Å². The Bertz CT molecular complexity index is 868. The van der Waals surface area contributed by atoms with E-state index >= 15 is 0 Å². The third-order valence-electron chi connectivity index (χ3n) is 5.40. The topological polar surface area (TPSA) is 82.1 Å². The van der Waals surface area contributed by atoms with Gasteiger partial charge in [0.05, 0.1) is 6.61 Å². The van der Waals surface area contributed by atoms with Crippen molar-refractivity contribution in [1.82, 2.24) is 19.8 Å². The number of aromatic nitrogens is 2. The zero-order valence-electron chi connectivity index (χ0n) is 17.1. The van der Waals surface area contributed by atoms with Crippen LogP contribution in [0.2, 0.25) is 0 Å². The van der Waals surface area contributed by atoms with Gasteiger partial charge in [-0.1, -0.05) is 0 Å². The molecule has 4 rings (SSSR count). The molecule has 30 heavy (non-hydrogen) atoms. The van der Waals surface area contributed by atoms with Gasteiger partial charge in [0.1, 0.15) is 24.4 Å². The Morgan fingerprint density at radius 3 is 2.47 bits per heavy atom. The van der Waals surface area contributed by atoms with Crippen LogP contribution in [0.4, 0.5) is 16.3 Å². The number of piperazine rings is 1. The number of hydrogen-bond donors (Lipinski definition) is 0. The van der Waals surface area contributed by atoms with E-state index in [1.807, 2.05) is 42.2 Å². The molecule has 3 amide bonds. The fourth-order valence-electron chi connectivity index (χ4n) is 3.78. The summed E-state index contributed by atoms with van der Waals surface area (Å²) in [5.41, 5.74) is 0.817. The molecule has 0 unspecified atom stereocenters. The number of nitrogens with zero attached hydrogens (tertiary/aromatic N) is 6. The summed E-state index contributed by atoms with van der Waals surface area (Å²) in [4.78, 5) is 41.0. The highest BCUT2D eigenvalue weighted by Crippen LogP contribution is 2.23. The summed E-state index contributed by atoms with van der Waals surface area (Å²) in [7, 11) is 0. The second kappa shape index (κ2) is 8.98. The molecule has 1 aromatic heterocycles. The predicted molar refractivity (Wildman–Crippen MR) is 113 cm³/mol. The zero-order chi connectivity index (χ0) is 20.9. The molecule has 0 atom stereocenters. The number of anilines is 2. The molecule has 9 nitrogen and oxygen atoms in total. The van der Waals surface area contributed by atoms with Crippen molar-refractivity contribution in [2.75, 3.05) is 62.2 Å². The molecule has 0 radical (unpaired) electrons. The molecule has 9 heteroatoms. The lowest BCUT2D eigenvalue weighted by atomic mass is 10.3. The Hall–Kier alpha value is -3.36.